The van der Waals surface area contributed by atoms with Crippen LogP contribution in [0, 0.1) is 10.1 Å². The highest BCUT2D eigenvalue weighted by molar-refractivity contribution is 7.89. The molecule has 0 heterocycles. The summed E-state index contributed by atoms with van der Waals surface area (Å²) in [6, 6.07) is 3.30. The molecule has 0 spiro atoms. The average Bonchev–Trinajstić information content (AvgIpc) is 2.28. The van der Waals surface area contributed by atoms with Gasteiger partial charge in [-0.05, 0) is 12.1 Å². The lowest BCUT2D eigenvalue weighted by molar-refractivity contribution is -0.387. The maximum absolute atomic E-state index is 12.0. The Kier molecular flexibility index (Phi) is 4.63. The average molecular weight is 295 g/mol. The number of aliphatic hydroxyl groups excluding tert-OH is 1. The zero-order chi connectivity index (χ0) is 13.9. The first-order chi connectivity index (χ1) is 8.30. The van der Waals surface area contributed by atoms with Crippen molar-refractivity contribution in [2.75, 3.05) is 20.2 Å². The molecule has 0 aliphatic carbocycles. The van der Waals surface area contributed by atoms with Gasteiger partial charge < -0.3 is 5.11 Å². The van der Waals surface area contributed by atoms with Gasteiger partial charge in [0, 0.05) is 24.7 Å². The van der Waals surface area contributed by atoms with Crippen molar-refractivity contribution in [1.29, 1.82) is 0 Å². The van der Waals surface area contributed by atoms with Crippen molar-refractivity contribution < 1.29 is 18.4 Å². The van der Waals surface area contributed by atoms with Gasteiger partial charge in [0.15, 0.2) is 4.90 Å². The van der Waals surface area contributed by atoms with Crippen LogP contribution in [0.25, 0.3) is 0 Å². The molecule has 1 aromatic rings. The molecule has 0 bridgehead atoms. The molecule has 18 heavy (non-hydrogen) atoms. The third-order valence-electron chi connectivity index (χ3n) is 2.22. The zero-order valence-electron chi connectivity index (χ0n) is 9.41. The molecule has 0 atom stereocenters. The van der Waals surface area contributed by atoms with Crippen LogP contribution in [0.4, 0.5) is 5.69 Å². The molecule has 100 valence electrons. The minimum Gasteiger partial charge on any atom is -0.395 e. The van der Waals surface area contributed by atoms with E-state index in [4.69, 9.17) is 16.7 Å². The topological polar surface area (TPSA) is 101 Å². The minimum atomic E-state index is -4.02. The van der Waals surface area contributed by atoms with Crippen LogP contribution in [0.2, 0.25) is 5.02 Å². The second kappa shape index (κ2) is 5.61. The van der Waals surface area contributed by atoms with E-state index in [1.54, 1.807) is 0 Å². The number of aliphatic hydroxyl groups is 1. The molecule has 0 fully saturated rings. The van der Waals surface area contributed by atoms with Crippen molar-refractivity contribution in [2.24, 2.45) is 0 Å². The van der Waals surface area contributed by atoms with Crippen molar-refractivity contribution in [3.63, 3.8) is 0 Å². The largest absolute Gasteiger partial charge is 0.395 e. The third-order valence-corrected chi connectivity index (χ3v) is 4.36. The smallest absolute Gasteiger partial charge is 0.290 e. The number of sulfonamides is 1. The summed E-state index contributed by atoms with van der Waals surface area (Å²) in [5, 5.41) is 19.6. The van der Waals surface area contributed by atoms with E-state index in [0.717, 1.165) is 16.4 Å². The number of benzene rings is 1. The fourth-order valence-corrected chi connectivity index (χ4v) is 2.74. The van der Waals surface area contributed by atoms with Crippen molar-refractivity contribution >= 4 is 27.3 Å². The Morgan fingerprint density at radius 1 is 1.50 bits per heavy atom. The number of hydrogen-bond acceptors (Lipinski definition) is 5. The predicted molar refractivity (Wildman–Crippen MR) is 65.0 cm³/mol. The first kappa shape index (κ1) is 14.8. The van der Waals surface area contributed by atoms with Gasteiger partial charge >= 0.3 is 0 Å². The van der Waals surface area contributed by atoms with E-state index in [9.17, 15) is 18.5 Å². The number of halogens is 1. The van der Waals surface area contributed by atoms with Crippen LogP contribution in [0.1, 0.15) is 0 Å². The van der Waals surface area contributed by atoms with Gasteiger partial charge in [-0.1, -0.05) is 11.6 Å². The molecule has 0 radical (unpaired) electrons. The molecule has 1 aromatic carbocycles. The molecule has 9 heteroatoms. The molecule has 1 N–H and O–H groups in total. The van der Waals surface area contributed by atoms with Crippen molar-refractivity contribution in [3.8, 4) is 0 Å². The van der Waals surface area contributed by atoms with Crippen LogP contribution < -0.4 is 0 Å². The SMILES string of the molecule is CN(CCO)S(=O)(=O)c1ccc(Cl)cc1[N+](=O)[O-]. The van der Waals surface area contributed by atoms with Crippen molar-refractivity contribution in [3.05, 3.63) is 33.3 Å². The van der Waals surface area contributed by atoms with Crippen LogP contribution in [-0.4, -0.2) is 43.0 Å². The standard InChI is InChI=1S/C9H11ClN2O5S/c1-11(4-5-13)18(16,17)9-3-2-7(10)6-8(9)12(14)15/h2-3,6,13H,4-5H2,1H3. The van der Waals surface area contributed by atoms with Crippen molar-refractivity contribution in [1.82, 2.24) is 4.31 Å². The number of rotatable bonds is 5. The molecule has 1 rings (SSSR count). The maximum Gasteiger partial charge on any atom is 0.290 e. The van der Waals surface area contributed by atoms with E-state index in [1.165, 1.54) is 13.1 Å². The maximum atomic E-state index is 12.0. The Hall–Kier alpha value is -1.22. The number of nitro groups is 1. The third kappa shape index (κ3) is 2.96. The zero-order valence-corrected chi connectivity index (χ0v) is 11.0. The first-order valence-corrected chi connectivity index (χ1v) is 6.63. The summed E-state index contributed by atoms with van der Waals surface area (Å²) >= 11 is 5.60. The lowest BCUT2D eigenvalue weighted by atomic mass is 10.3. The van der Waals surface area contributed by atoms with Gasteiger partial charge in [-0.25, -0.2) is 8.42 Å². The van der Waals surface area contributed by atoms with Crippen LogP contribution >= 0.6 is 11.6 Å². The lowest BCUT2D eigenvalue weighted by Crippen LogP contribution is -2.30. The summed E-state index contributed by atoms with van der Waals surface area (Å²) in [6.07, 6.45) is 0. The number of nitrogens with zero attached hydrogens (tertiary/aromatic N) is 2. The molecule has 0 amide bonds. The van der Waals surface area contributed by atoms with E-state index in [1.807, 2.05) is 0 Å². The summed E-state index contributed by atoms with van der Waals surface area (Å²) in [5.41, 5.74) is -0.590. The molecular formula is C9H11ClN2O5S. The monoisotopic (exact) mass is 294 g/mol. The lowest BCUT2D eigenvalue weighted by Gasteiger charge is -2.15. The molecular weight excluding hydrogens is 284 g/mol. The number of nitro benzene ring substituents is 1. The first-order valence-electron chi connectivity index (χ1n) is 4.82. The summed E-state index contributed by atoms with van der Waals surface area (Å²) < 4.78 is 24.9. The molecule has 0 aromatic heterocycles. The Bertz CT molecular complexity index is 560. The van der Waals surface area contributed by atoms with Gasteiger partial charge in [0.05, 0.1) is 11.5 Å². The van der Waals surface area contributed by atoms with Gasteiger partial charge in [-0.2, -0.15) is 4.31 Å². The van der Waals surface area contributed by atoms with E-state index in [2.05, 4.69) is 0 Å². The van der Waals surface area contributed by atoms with Crippen LogP contribution in [0.5, 0.6) is 0 Å². The summed E-state index contributed by atoms with van der Waals surface area (Å²) in [6.45, 7) is -0.529. The summed E-state index contributed by atoms with van der Waals surface area (Å²) in [4.78, 5) is 9.55. The van der Waals surface area contributed by atoms with E-state index >= 15 is 0 Å². The van der Waals surface area contributed by atoms with Crippen molar-refractivity contribution in [2.45, 2.75) is 4.90 Å². The second-order valence-corrected chi connectivity index (χ2v) is 5.87. The van der Waals surface area contributed by atoms with E-state index in [0.29, 0.717) is 0 Å². The van der Waals surface area contributed by atoms with Gasteiger partial charge in [0.2, 0.25) is 10.0 Å². The van der Waals surface area contributed by atoms with E-state index in [-0.39, 0.29) is 18.2 Å². The molecule has 0 saturated carbocycles. The number of likely N-dealkylation sites (N-methyl/N-ethyl adjacent to an activating group) is 1. The molecule has 0 unspecified atom stereocenters. The van der Waals surface area contributed by atoms with Crippen LogP contribution in [-0.2, 0) is 10.0 Å². The summed E-state index contributed by atoms with van der Waals surface area (Å²) in [5.74, 6) is 0. The Balaban J connectivity index is 3.37. The fourth-order valence-electron chi connectivity index (χ4n) is 1.28. The van der Waals surface area contributed by atoms with E-state index < -0.39 is 25.5 Å². The second-order valence-electron chi connectivity index (χ2n) is 3.42. The molecule has 0 saturated heterocycles. The van der Waals surface area contributed by atoms with Gasteiger partial charge in [-0.3, -0.25) is 10.1 Å². The molecule has 0 aliphatic rings. The fraction of sp³-hybridized carbons (Fsp3) is 0.333. The highest BCUT2D eigenvalue weighted by Gasteiger charge is 2.29. The Morgan fingerprint density at radius 3 is 2.61 bits per heavy atom. The van der Waals surface area contributed by atoms with Crippen LogP contribution in [0.3, 0.4) is 0 Å². The van der Waals surface area contributed by atoms with Gasteiger partial charge in [-0.15, -0.1) is 0 Å². The normalized spacial score (nSPS) is 11.8. The quantitative estimate of drug-likeness (QED) is 0.641. The predicted octanol–water partition coefficient (Wildman–Crippen LogP) is 0.861. The highest BCUT2D eigenvalue weighted by atomic mass is 35.5. The summed E-state index contributed by atoms with van der Waals surface area (Å²) in [7, 11) is -2.79. The molecule has 7 nitrogen and oxygen atoms in total. The van der Waals surface area contributed by atoms with Gasteiger partial charge in [0.25, 0.3) is 5.69 Å². The van der Waals surface area contributed by atoms with Gasteiger partial charge in [0.1, 0.15) is 0 Å². The minimum absolute atomic E-state index is 0.0745. The molecule has 0 aliphatic heterocycles. The Morgan fingerprint density at radius 2 is 2.11 bits per heavy atom. The highest BCUT2D eigenvalue weighted by Crippen LogP contribution is 2.28. The van der Waals surface area contributed by atoms with Crippen LogP contribution in [0.15, 0.2) is 23.1 Å². The number of hydrogen-bond donors (Lipinski definition) is 1. The Labute approximate surface area is 109 Å².